The standard InChI is InChI=1S/C14H11ClN4O7/c15-19(14(26)7-18-11(23)3-4-12(18)24)13(25)5-16-8(20)6-17-9(21)1-2-10(17)22/h1-4H,5-7H2,(H,16,20). The van der Waals surface area contributed by atoms with Crippen LogP contribution < -0.4 is 5.32 Å². The van der Waals surface area contributed by atoms with Gasteiger partial charge in [0.15, 0.2) is 0 Å². The quantitative estimate of drug-likeness (QED) is 0.394. The van der Waals surface area contributed by atoms with Gasteiger partial charge < -0.3 is 5.32 Å². The first-order valence-corrected chi connectivity index (χ1v) is 7.40. The Morgan fingerprint density at radius 2 is 1.23 bits per heavy atom. The molecule has 0 bridgehead atoms. The molecule has 0 aliphatic carbocycles. The van der Waals surface area contributed by atoms with Crippen LogP contribution in [0.3, 0.4) is 0 Å². The zero-order chi connectivity index (χ0) is 19.4. The van der Waals surface area contributed by atoms with Crippen molar-refractivity contribution >= 4 is 53.1 Å². The number of nitrogens with one attached hydrogen (secondary N) is 1. The minimum absolute atomic E-state index is 0.132. The molecular formula is C14H11ClN4O7. The average molecular weight is 383 g/mol. The van der Waals surface area contributed by atoms with Gasteiger partial charge in [-0.2, -0.15) is 4.42 Å². The van der Waals surface area contributed by atoms with Crippen LogP contribution >= 0.6 is 11.8 Å². The van der Waals surface area contributed by atoms with Crippen LogP contribution in [-0.4, -0.2) is 75.2 Å². The second kappa shape index (κ2) is 7.70. The Morgan fingerprint density at radius 3 is 1.69 bits per heavy atom. The number of imide groups is 3. The van der Waals surface area contributed by atoms with Gasteiger partial charge in [-0.3, -0.25) is 43.4 Å². The third-order valence-corrected chi connectivity index (χ3v) is 3.65. The van der Waals surface area contributed by atoms with E-state index in [9.17, 15) is 33.6 Å². The van der Waals surface area contributed by atoms with Gasteiger partial charge in [-0.15, -0.1) is 0 Å². The van der Waals surface area contributed by atoms with Crippen LogP contribution in [0.4, 0.5) is 0 Å². The molecule has 0 aromatic carbocycles. The largest absolute Gasteiger partial charge is 0.345 e. The first kappa shape index (κ1) is 19.0. The number of halogens is 1. The van der Waals surface area contributed by atoms with Crippen LogP contribution in [0.1, 0.15) is 0 Å². The Bertz CT molecular complexity index is 752. The molecule has 11 nitrogen and oxygen atoms in total. The number of carbonyl (C=O) groups is 7. The molecule has 2 aliphatic heterocycles. The van der Waals surface area contributed by atoms with E-state index < -0.39 is 61.0 Å². The predicted octanol–water partition coefficient (Wildman–Crippen LogP) is -2.54. The van der Waals surface area contributed by atoms with Crippen LogP contribution in [-0.2, 0) is 33.6 Å². The van der Waals surface area contributed by atoms with E-state index in [4.69, 9.17) is 11.8 Å². The summed E-state index contributed by atoms with van der Waals surface area (Å²) < 4.78 is 0.132. The van der Waals surface area contributed by atoms with Gasteiger partial charge >= 0.3 is 0 Å². The van der Waals surface area contributed by atoms with Gasteiger partial charge in [0.1, 0.15) is 13.1 Å². The molecule has 0 radical (unpaired) electrons. The number of amides is 7. The fourth-order valence-electron chi connectivity index (χ4n) is 1.95. The van der Waals surface area contributed by atoms with Crippen molar-refractivity contribution in [1.29, 1.82) is 0 Å². The summed E-state index contributed by atoms with van der Waals surface area (Å²) in [4.78, 5) is 81.8. The minimum Gasteiger partial charge on any atom is -0.345 e. The number of rotatable bonds is 6. The van der Waals surface area contributed by atoms with Gasteiger partial charge in [0.2, 0.25) is 5.91 Å². The van der Waals surface area contributed by atoms with Gasteiger partial charge in [-0.25, -0.2) is 0 Å². The third kappa shape index (κ3) is 4.19. The SMILES string of the molecule is O=C(CN1C(=O)C=CC1=O)NCC(=O)N(Cl)C(=O)CN1C(=O)C=CC1=O. The molecule has 12 heteroatoms. The lowest BCUT2D eigenvalue weighted by Gasteiger charge is -2.17. The van der Waals surface area contributed by atoms with E-state index in [-0.39, 0.29) is 4.42 Å². The van der Waals surface area contributed by atoms with Crippen molar-refractivity contribution in [3.63, 3.8) is 0 Å². The highest BCUT2D eigenvalue weighted by Crippen LogP contribution is 2.06. The lowest BCUT2D eigenvalue weighted by atomic mass is 10.4. The maximum absolute atomic E-state index is 11.8. The summed E-state index contributed by atoms with van der Waals surface area (Å²) in [6.07, 6.45) is 3.92. The summed E-state index contributed by atoms with van der Waals surface area (Å²) in [6.45, 7) is -2.04. The Kier molecular flexibility index (Phi) is 5.62. The number of hydrogen-bond acceptors (Lipinski definition) is 7. The smallest absolute Gasteiger partial charge is 0.264 e. The molecule has 2 rings (SSSR count). The first-order chi connectivity index (χ1) is 12.2. The Hall–Kier alpha value is -3.34. The van der Waals surface area contributed by atoms with Gasteiger partial charge in [-0.1, -0.05) is 0 Å². The predicted molar refractivity (Wildman–Crippen MR) is 82.4 cm³/mol. The molecule has 0 atom stereocenters. The fourth-order valence-corrected chi connectivity index (χ4v) is 2.07. The van der Waals surface area contributed by atoms with Crippen molar-refractivity contribution < 1.29 is 33.6 Å². The molecule has 26 heavy (non-hydrogen) atoms. The van der Waals surface area contributed by atoms with Crippen molar-refractivity contribution in [2.45, 2.75) is 0 Å². The molecule has 0 saturated carbocycles. The van der Waals surface area contributed by atoms with Crippen LogP contribution in [0, 0.1) is 0 Å². The first-order valence-electron chi connectivity index (χ1n) is 7.06. The zero-order valence-electron chi connectivity index (χ0n) is 13.0. The van der Waals surface area contributed by atoms with Crippen LogP contribution in [0.25, 0.3) is 0 Å². The van der Waals surface area contributed by atoms with Crippen LogP contribution in [0.5, 0.6) is 0 Å². The summed E-state index contributed by atoms with van der Waals surface area (Å²) in [7, 11) is 0. The Balaban J connectivity index is 1.79. The van der Waals surface area contributed by atoms with Gasteiger partial charge in [0.25, 0.3) is 35.4 Å². The third-order valence-electron chi connectivity index (χ3n) is 3.27. The molecule has 2 heterocycles. The monoisotopic (exact) mass is 382 g/mol. The Labute approximate surface area is 150 Å². The highest BCUT2D eigenvalue weighted by Gasteiger charge is 2.30. The second-order valence-electron chi connectivity index (χ2n) is 5.04. The normalized spacial score (nSPS) is 15.9. The number of carbonyl (C=O) groups excluding carboxylic acids is 7. The molecule has 1 N–H and O–H groups in total. The molecule has 0 unspecified atom stereocenters. The molecule has 0 spiro atoms. The van der Waals surface area contributed by atoms with Crippen molar-refractivity contribution in [2.24, 2.45) is 0 Å². The molecule has 0 saturated heterocycles. The minimum atomic E-state index is -1.05. The summed E-state index contributed by atoms with van der Waals surface area (Å²) in [6, 6.07) is 0. The second-order valence-corrected chi connectivity index (χ2v) is 5.38. The maximum atomic E-state index is 11.8. The lowest BCUT2D eigenvalue weighted by molar-refractivity contribution is -0.146. The van der Waals surface area contributed by atoms with Crippen LogP contribution in [0.2, 0.25) is 0 Å². The summed E-state index contributed by atoms with van der Waals surface area (Å²) in [5.74, 6) is -5.68. The average Bonchev–Trinajstić information content (AvgIpc) is 3.08. The zero-order valence-corrected chi connectivity index (χ0v) is 13.8. The highest BCUT2D eigenvalue weighted by atomic mass is 35.5. The van der Waals surface area contributed by atoms with Crippen molar-refractivity contribution in [1.82, 2.24) is 19.5 Å². The summed E-state index contributed by atoms with van der Waals surface area (Å²) in [5.41, 5.74) is 0. The van der Waals surface area contributed by atoms with Gasteiger partial charge in [-0.05, 0) is 0 Å². The van der Waals surface area contributed by atoms with Gasteiger partial charge in [0, 0.05) is 36.1 Å². The molecule has 0 aromatic heterocycles. The van der Waals surface area contributed by atoms with Crippen molar-refractivity contribution in [3.8, 4) is 0 Å². The van der Waals surface area contributed by atoms with Crippen molar-refractivity contribution in [3.05, 3.63) is 24.3 Å². The highest BCUT2D eigenvalue weighted by molar-refractivity contribution is 6.31. The van der Waals surface area contributed by atoms with Crippen molar-refractivity contribution in [2.75, 3.05) is 19.6 Å². The number of hydrogen-bond donors (Lipinski definition) is 1. The number of nitrogens with zero attached hydrogens (tertiary/aromatic N) is 3. The topological polar surface area (TPSA) is 141 Å². The van der Waals surface area contributed by atoms with E-state index in [2.05, 4.69) is 5.32 Å². The summed E-state index contributed by atoms with van der Waals surface area (Å²) in [5, 5.41) is 2.10. The van der Waals surface area contributed by atoms with E-state index >= 15 is 0 Å². The van der Waals surface area contributed by atoms with E-state index in [1.165, 1.54) is 0 Å². The fraction of sp³-hybridized carbons (Fsp3) is 0.214. The molecule has 0 aromatic rings. The van der Waals surface area contributed by atoms with E-state index in [0.717, 1.165) is 24.3 Å². The Morgan fingerprint density at radius 1 is 0.808 bits per heavy atom. The molecular weight excluding hydrogens is 372 g/mol. The molecule has 136 valence electrons. The lowest BCUT2D eigenvalue weighted by Crippen LogP contribution is -2.46. The molecule has 0 fully saturated rings. The maximum Gasteiger partial charge on any atom is 0.264 e. The van der Waals surface area contributed by atoms with E-state index in [1.807, 2.05) is 0 Å². The molecule has 2 aliphatic rings. The van der Waals surface area contributed by atoms with Crippen LogP contribution in [0.15, 0.2) is 24.3 Å². The summed E-state index contributed by atoms with van der Waals surface area (Å²) >= 11 is 5.54. The molecule has 7 amide bonds. The van der Waals surface area contributed by atoms with E-state index in [1.54, 1.807) is 0 Å². The van der Waals surface area contributed by atoms with E-state index in [0.29, 0.717) is 9.80 Å². The van der Waals surface area contributed by atoms with Gasteiger partial charge in [0.05, 0.1) is 6.54 Å².